The van der Waals surface area contributed by atoms with Crippen molar-refractivity contribution in [2.45, 2.75) is 26.8 Å². The normalized spacial score (nSPS) is 12.3. The van der Waals surface area contributed by atoms with E-state index in [4.69, 9.17) is 50.1 Å². The summed E-state index contributed by atoms with van der Waals surface area (Å²) in [7, 11) is 0. The van der Waals surface area contributed by atoms with Crippen molar-refractivity contribution in [3.05, 3.63) is 57.0 Å². The average Bonchev–Trinajstić information content (AvgIpc) is 2.70. The van der Waals surface area contributed by atoms with Crippen molar-refractivity contribution in [2.24, 2.45) is 0 Å². The van der Waals surface area contributed by atoms with Gasteiger partial charge in [-0.3, -0.25) is 10.2 Å². The molecule has 30 heavy (non-hydrogen) atoms. The van der Waals surface area contributed by atoms with Crippen LogP contribution in [-0.4, -0.2) is 42.5 Å². The molecule has 0 unspecified atom stereocenters. The van der Waals surface area contributed by atoms with Crippen LogP contribution < -0.4 is 16.0 Å². The zero-order valence-corrected chi connectivity index (χ0v) is 19.2. The predicted octanol–water partition coefficient (Wildman–Crippen LogP) is 3.54. The summed E-state index contributed by atoms with van der Waals surface area (Å²) in [5.41, 5.74) is 1.37. The van der Waals surface area contributed by atoms with E-state index in [1.165, 1.54) is 0 Å². The maximum Gasteiger partial charge on any atom is 0.273 e. The Labute approximate surface area is 191 Å². The van der Waals surface area contributed by atoms with Crippen molar-refractivity contribution in [2.75, 3.05) is 26.4 Å². The van der Waals surface area contributed by atoms with Crippen LogP contribution in [0.3, 0.4) is 0 Å². The molecule has 0 radical (unpaired) electrons. The lowest BCUT2D eigenvalue weighted by Crippen LogP contribution is -2.38. The Morgan fingerprint density at radius 2 is 1.97 bits per heavy atom. The van der Waals surface area contributed by atoms with Gasteiger partial charge in [0.15, 0.2) is 0 Å². The first kappa shape index (κ1) is 26.3. The van der Waals surface area contributed by atoms with Gasteiger partial charge in [0.2, 0.25) is 0 Å². The number of aliphatic hydroxyl groups excluding tert-OH is 1. The van der Waals surface area contributed by atoms with Crippen LogP contribution in [0.1, 0.15) is 25.8 Å². The van der Waals surface area contributed by atoms with Crippen LogP contribution in [0.5, 0.6) is 0 Å². The minimum atomic E-state index is -0.443. The van der Waals surface area contributed by atoms with Gasteiger partial charge in [-0.05, 0) is 37.1 Å². The molecule has 0 fully saturated rings. The molecule has 1 aromatic carbocycles. The van der Waals surface area contributed by atoms with Gasteiger partial charge < -0.3 is 25.8 Å². The number of carbonyl (C=O) groups excluding carboxylic acids is 1. The molecule has 0 saturated heterocycles. The molecular formula is C20H27Cl3N4O3. The SMILES string of the molecule is CCC=C(NCc1ccc(Cl)c(Cl)c1)NC(=O)/C(NCCOCCO)=C(\C)C(=N)Cl. The largest absolute Gasteiger partial charge is 0.394 e. The Kier molecular flexibility index (Phi) is 12.5. The molecule has 0 aliphatic heterocycles. The summed E-state index contributed by atoms with van der Waals surface area (Å²) in [4.78, 5) is 12.8. The van der Waals surface area contributed by atoms with Gasteiger partial charge in [-0.1, -0.05) is 47.8 Å². The minimum absolute atomic E-state index is 0.0792. The molecule has 1 rings (SSSR count). The van der Waals surface area contributed by atoms with Gasteiger partial charge >= 0.3 is 0 Å². The Morgan fingerprint density at radius 1 is 1.23 bits per heavy atom. The fourth-order valence-electron chi connectivity index (χ4n) is 2.31. The standard InChI is InChI=1S/C20H27Cl3N4O3/c1-3-4-17(26-12-14-5-6-15(21)16(22)11-14)27-20(29)18(13(2)19(23)24)25-7-9-30-10-8-28/h4-6,11,24-26,28H,3,7-10,12H2,1-2H3,(H,27,29)/b17-4?,18-13-,24-19?. The van der Waals surface area contributed by atoms with Gasteiger partial charge in [0.25, 0.3) is 5.91 Å². The van der Waals surface area contributed by atoms with E-state index in [1.54, 1.807) is 19.1 Å². The summed E-state index contributed by atoms with van der Waals surface area (Å²) in [6.45, 7) is 4.68. The van der Waals surface area contributed by atoms with E-state index >= 15 is 0 Å². The van der Waals surface area contributed by atoms with E-state index in [0.29, 0.717) is 40.9 Å². The number of carbonyl (C=O) groups is 1. The van der Waals surface area contributed by atoms with Crippen LogP contribution in [0, 0.1) is 5.41 Å². The third-order valence-corrected chi connectivity index (χ3v) is 4.86. The van der Waals surface area contributed by atoms with E-state index in [2.05, 4.69) is 16.0 Å². The lowest BCUT2D eigenvalue weighted by Gasteiger charge is -2.17. The highest BCUT2D eigenvalue weighted by Gasteiger charge is 2.16. The lowest BCUT2D eigenvalue weighted by atomic mass is 10.2. The quantitative estimate of drug-likeness (QED) is 0.170. The van der Waals surface area contributed by atoms with E-state index in [1.807, 2.05) is 19.1 Å². The fourth-order valence-corrected chi connectivity index (χ4v) is 2.73. The molecule has 5 N–H and O–H groups in total. The van der Waals surface area contributed by atoms with Crippen LogP contribution in [0.15, 0.2) is 41.4 Å². The first-order chi connectivity index (χ1) is 14.3. The van der Waals surface area contributed by atoms with Crippen molar-refractivity contribution in [3.8, 4) is 0 Å². The number of amides is 1. The predicted molar refractivity (Wildman–Crippen MR) is 122 cm³/mol. The van der Waals surface area contributed by atoms with Crippen LogP contribution in [0.4, 0.5) is 0 Å². The van der Waals surface area contributed by atoms with Gasteiger partial charge in [-0.2, -0.15) is 0 Å². The van der Waals surface area contributed by atoms with Crippen molar-refractivity contribution >= 4 is 45.9 Å². The second-order valence-electron chi connectivity index (χ2n) is 6.16. The van der Waals surface area contributed by atoms with Crippen LogP contribution >= 0.6 is 34.8 Å². The minimum Gasteiger partial charge on any atom is -0.394 e. The molecule has 0 heterocycles. The topological polar surface area (TPSA) is 106 Å². The highest BCUT2D eigenvalue weighted by atomic mass is 35.5. The zero-order chi connectivity index (χ0) is 22.5. The van der Waals surface area contributed by atoms with Crippen molar-refractivity contribution in [3.63, 3.8) is 0 Å². The highest BCUT2D eigenvalue weighted by molar-refractivity contribution is 6.68. The smallest absolute Gasteiger partial charge is 0.273 e. The molecule has 0 aliphatic rings. The van der Waals surface area contributed by atoms with E-state index in [9.17, 15) is 4.79 Å². The Morgan fingerprint density at radius 3 is 2.57 bits per heavy atom. The fraction of sp³-hybridized carbons (Fsp3) is 0.400. The van der Waals surface area contributed by atoms with Crippen molar-refractivity contribution in [1.29, 1.82) is 5.41 Å². The molecular weight excluding hydrogens is 451 g/mol. The van der Waals surface area contributed by atoms with Gasteiger partial charge in [0, 0.05) is 18.7 Å². The molecule has 166 valence electrons. The van der Waals surface area contributed by atoms with E-state index in [0.717, 1.165) is 5.56 Å². The number of halogens is 3. The van der Waals surface area contributed by atoms with Crippen LogP contribution in [-0.2, 0) is 16.1 Å². The maximum absolute atomic E-state index is 12.8. The first-order valence-corrected chi connectivity index (χ1v) is 10.5. The zero-order valence-electron chi connectivity index (χ0n) is 16.9. The number of aliphatic hydroxyl groups is 1. The summed E-state index contributed by atoms with van der Waals surface area (Å²) in [5.74, 6) is 0.0692. The molecule has 0 saturated carbocycles. The maximum atomic E-state index is 12.8. The summed E-state index contributed by atoms with van der Waals surface area (Å²) in [5, 5.41) is 26.0. The van der Waals surface area contributed by atoms with Gasteiger partial charge in [-0.25, -0.2) is 0 Å². The number of ether oxygens (including phenoxy) is 1. The van der Waals surface area contributed by atoms with Gasteiger partial charge in [0.05, 0.1) is 29.9 Å². The molecule has 10 heteroatoms. The van der Waals surface area contributed by atoms with Crippen molar-refractivity contribution in [1.82, 2.24) is 16.0 Å². The van der Waals surface area contributed by atoms with Crippen molar-refractivity contribution < 1.29 is 14.6 Å². The number of allylic oxidation sites excluding steroid dienone is 2. The Bertz CT molecular complexity index is 798. The number of nitrogens with one attached hydrogen (secondary N) is 4. The van der Waals surface area contributed by atoms with E-state index in [-0.39, 0.29) is 30.7 Å². The van der Waals surface area contributed by atoms with Gasteiger partial charge in [0.1, 0.15) is 16.7 Å². The molecule has 0 bridgehead atoms. The molecule has 0 aromatic heterocycles. The Balaban J connectivity index is 2.82. The van der Waals surface area contributed by atoms with Crippen LogP contribution in [0.2, 0.25) is 10.0 Å². The molecule has 1 amide bonds. The summed E-state index contributed by atoms with van der Waals surface area (Å²) < 4.78 is 5.18. The number of benzene rings is 1. The third-order valence-electron chi connectivity index (χ3n) is 3.84. The Hall–Kier alpha value is -1.77. The lowest BCUT2D eigenvalue weighted by molar-refractivity contribution is -0.117. The summed E-state index contributed by atoms with van der Waals surface area (Å²) >= 11 is 17.8. The molecule has 0 aliphatic carbocycles. The number of hydrogen-bond acceptors (Lipinski definition) is 6. The number of hydrogen-bond donors (Lipinski definition) is 5. The van der Waals surface area contributed by atoms with E-state index < -0.39 is 5.91 Å². The van der Waals surface area contributed by atoms with Crippen LogP contribution in [0.25, 0.3) is 0 Å². The monoisotopic (exact) mass is 476 g/mol. The summed E-state index contributed by atoms with van der Waals surface area (Å²) in [6, 6.07) is 5.30. The molecule has 7 nitrogen and oxygen atoms in total. The first-order valence-electron chi connectivity index (χ1n) is 9.37. The second-order valence-corrected chi connectivity index (χ2v) is 7.35. The highest BCUT2D eigenvalue weighted by Crippen LogP contribution is 2.22. The summed E-state index contributed by atoms with van der Waals surface area (Å²) in [6.07, 6.45) is 2.52. The molecule has 1 aromatic rings. The molecule has 0 spiro atoms. The number of rotatable bonds is 13. The average molecular weight is 478 g/mol. The second kappa shape index (κ2) is 14.3. The third kappa shape index (κ3) is 9.36. The van der Waals surface area contributed by atoms with Gasteiger partial charge in [-0.15, -0.1) is 0 Å². The molecule has 0 atom stereocenters.